The second kappa shape index (κ2) is 14.8. The van der Waals surface area contributed by atoms with Crippen LogP contribution in [0.3, 0.4) is 0 Å². The predicted molar refractivity (Wildman–Crippen MR) is 158 cm³/mol. The molecule has 0 aliphatic carbocycles. The van der Waals surface area contributed by atoms with Gasteiger partial charge in [0, 0.05) is 35.2 Å². The van der Waals surface area contributed by atoms with Gasteiger partial charge in [0.25, 0.3) is 11.8 Å². The van der Waals surface area contributed by atoms with Crippen molar-refractivity contribution in [2.45, 2.75) is 12.1 Å². The molecular weight excluding hydrogens is 600 g/mol. The number of ketones is 1. The number of fused-ring (bicyclic) bond motifs is 1. The maximum Gasteiger partial charge on any atom is 0.251 e. The van der Waals surface area contributed by atoms with Crippen molar-refractivity contribution in [2.75, 3.05) is 39.5 Å². The van der Waals surface area contributed by atoms with Crippen molar-refractivity contribution in [2.24, 2.45) is 0 Å². The van der Waals surface area contributed by atoms with Crippen molar-refractivity contribution in [3.63, 3.8) is 0 Å². The molecule has 2 atom stereocenters. The van der Waals surface area contributed by atoms with Gasteiger partial charge in [0.15, 0.2) is 17.4 Å². The number of rotatable bonds is 12. The van der Waals surface area contributed by atoms with Gasteiger partial charge in [-0.05, 0) is 36.4 Å². The van der Waals surface area contributed by atoms with Crippen LogP contribution < -0.4 is 20.7 Å². The molecule has 11 nitrogen and oxygen atoms in total. The number of aliphatic hydroxyl groups is 1. The average molecular weight is 630 g/mol. The molecule has 2 heterocycles. The summed E-state index contributed by atoms with van der Waals surface area (Å²) in [6, 6.07) is 11.9. The van der Waals surface area contributed by atoms with Crippen LogP contribution in [0.2, 0.25) is 0 Å². The maximum atomic E-state index is 14.7. The minimum absolute atomic E-state index is 0. The van der Waals surface area contributed by atoms with E-state index in [9.17, 15) is 23.2 Å². The molecular formula is C30H30ClF2N5O6. The Balaban J connectivity index is 0.00000442. The van der Waals surface area contributed by atoms with Gasteiger partial charge in [-0.15, -0.1) is 12.4 Å². The lowest BCUT2D eigenvalue weighted by Gasteiger charge is -2.21. The number of amides is 2. The minimum Gasteiger partial charge on any atom is -0.490 e. The first-order chi connectivity index (χ1) is 20.9. The third kappa shape index (κ3) is 7.37. The van der Waals surface area contributed by atoms with E-state index in [-0.39, 0.29) is 67.7 Å². The molecule has 1 aromatic heterocycles. The van der Waals surface area contributed by atoms with E-state index in [1.807, 2.05) is 0 Å². The number of carbonyl (C=O) groups is 3. The number of ether oxygens (including phenoxy) is 2. The van der Waals surface area contributed by atoms with Crippen LogP contribution in [0.15, 0.2) is 60.8 Å². The van der Waals surface area contributed by atoms with E-state index < -0.39 is 34.9 Å². The van der Waals surface area contributed by atoms with Crippen LogP contribution in [0.4, 0.5) is 8.78 Å². The maximum absolute atomic E-state index is 14.7. The molecule has 0 saturated carbocycles. The van der Waals surface area contributed by atoms with E-state index in [0.717, 1.165) is 23.0 Å². The molecule has 232 valence electrons. The highest BCUT2D eigenvalue weighted by Crippen LogP contribution is 2.27. The Morgan fingerprint density at radius 1 is 0.886 bits per heavy atom. The Kier molecular flexibility index (Phi) is 11.0. The molecule has 44 heavy (non-hydrogen) atoms. The third-order valence-electron chi connectivity index (χ3n) is 6.97. The molecule has 1 aliphatic heterocycles. The average Bonchev–Trinajstić information content (AvgIpc) is 3.67. The van der Waals surface area contributed by atoms with Gasteiger partial charge < -0.3 is 30.5 Å². The van der Waals surface area contributed by atoms with Gasteiger partial charge in [-0.3, -0.25) is 19.5 Å². The molecule has 1 fully saturated rings. The molecule has 1 aliphatic rings. The first kappa shape index (κ1) is 32.5. The summed E-state index contributed by atoms with van der Waals surface area (Å²) in [5, 5.41) is 25.4. The van der Waals surface area contributed by atoms with E-state index >= 15 is 0 Å². The summed E-state index contributed by atoms with van der Waals surface area (Å²) in [7, 11) is 0. The van der Waals surface area contributed by atoms with Crippen LogP contribution in [0, 0.1) is 11.6 Å². The Morgan fingerprint density at radius 2 is 1.55 bits per heavy atom. The lowest BCUT2D eigenvalue weighted by Crippen LogP contribution is -2.51. The summed E-state index contributed by atoms with van der Waals surface area (Å²) in [6.07, 6.45) is 1.66. The van der Waals surface area contributed by atoms with E-state index in [1.54, 1.807) is 24.4 Å². The zero-order chi connectivity index (χ0) is 30.3. The summed E-state index contributed by atoms with van der Waals surface area (Å²) >= 11 is 0. The van der Waals surface area contributed by atoms with Crippen LogP contribution >= 0.6 is 12.4 Å². The normalized spacial score (nSPS) is 15.9. The monoisotopic (exact) mass is 629 g/mol. The molecule has 0 bridgehead atoms. The highest BCUT2D eigenvalue weighted by atomic mass is 35.5. The molecule has 14 heteroatoms. The first-order valence-corrected chi connectivity index (χ1v) is 13.6. The number of aliphatic hydroxyl groups excluding tert-OH is 1. The van der Waals surface area contributed by atoms with Crippen LogP contribution in [-0.2, 0) is 4.74 Å². The number of aromatic nitrogens is 2. The molecule has 0 unspecified atom stereocenters. The Bertz CT molecular complexity index is 1630. The summed E-state index contributed by atoms with van der Waals surface area (Å²) in [4.78, 5) is 39.0. The zero-order valence-corrected chi connectivity index (χ0v) is 24.1. The topological polar surface area (TPSA) is 155 Å². The summed E-state index contributed by atoms with van der Waals surface area (Å²) in [6.45, 7) is 0.804. The van der Waals surface area contributed by atoms with Gasteiger partial charge in [-0.25, -0.2) is 8.78 Å². The highest BCUT2D eigenvalue weighted by molar-refractivity contribution is 6.11. The fourth-order valence-corrected chi connectivity index (χ4v) is 4.72. The Labute approximate surface area is 256 Å². The van der Waals surface area contributed by atoms with E-state index in [2.05, 4.69) is 26.1 Å². The summed E-state index contributed by atoms with van der Waals surface area (Å²) in [5.74, 6) is -4.28. The van der Waals surface area contributed by atoms with Crippen LogP contribution in [0.1, 0.15) is 36.6 Å². The van der Waals surface area contributed by atoms with Gasteiger partial charge in [-0.1, -0.05) is 18.2 Å². The molecule has 3 aromatic carbocycles. The fraction of sp³-hybridized carbons (Fsp3) is 0.267. The molecule has 1 saturated heterocycles. The highest BCUT2D eigenvalue weighted by Gasteiger charge is 2.30. The second-order valence-electron chi connectivity index (χ2n) is 9.82. The van der Waals surface area contributed by atoms with Crippen molar-refractivity contribution in [1.29, 1.82) is 0 Å². The number of benzene rings is 3. The van der Waals surface area contributed by atoms with Crippen molar-refractivity contribution >= 4 is 40.9 Å². The third-order valence-corrected chi connectivity index (χ3v) is 6.97. The van der Waals surface area contributed by atoms with Crippen molar-refractivity contribution in [3.8, 4) is 5.75 Å². The molecule has 5 N–H and O–H groups in total. The zero-order valence-electron chi connectivity index (χ0n) is 23.3. The molecule has 0 spiro atoms. The fourth-order valence-electron chi connectivity index (χ4n) is 4.72. The number of hydrogen-bond donors (Lipinski definition) is 5. The Morgan fingerprint density at radius 3 is 2.25 bits per heavy atom. The summed E-state index contributed by atoms with van der Waals surface area (Å²) < 4.78 is 39.3. The number of carbonyl (C=O) groups excluding carboxylic acids is 3. The second-order valence-corrected chi connectivity index (χ2v) is 9.82. The molecule has 0 radical (unpaired) electrons. The lowest BCUT2D eigenvalue weighted by atomic mass is 10.00. The molecule has 2 amide bonds. The van der Waals surface area contributed by atoms with Crippen molar-refractivity contribution < 1.29 is 37.7 Å². The number of H-pyrrole nitrogens is 1. The van der Waals surface area contributed by atoms with Crippen molar-refractivity contribution in [3.05, 3.63) is 94.7 Å². The largest absolute Gasteiger partial charge is 0.490 e. The number of nitrogens with zero attached hydrogens (tertiary/aromatic N) is 1. The van der Waals surface area contributed by atoms with Gasteiger partial charge in [0.2, 0.25) is 0 Å². The SMILES string of the molecule is Cl.O=C(N[C@@H]1CNC[C@H]1NC(=O)c1ccc2cn[nH]c2c1)c1ccc(C(=O)c2c(OCCOCCO)ccc(F)c2F)cc1. The number of nitrogens with one attached hydrogen (secondary N) is 4. The minimum atomic E-state index is -1.35. The standard InChI is InChI=1S/C30H29F2N5O6.ClH/c31-21-7-8-25(43-12-11-42-10-9-38)26(27(21)32)28(39)17-1-3-18(4-2-17)29(40)35-23-15-33-16-24(23)36-30(41)19-5-6-20-14-34-37-22(20)13-19;/h1-8,13-14,23-24,33,38H,9-12,15-16H2,(H,34,37)(H,35,40)(H,36,41);1H/t23-,24-;/m1./s1. The summed E-state index contributed by atoms with van der Waals surface area (Å²) in [5.41, 5.74) is 0.852. The first-order valence-electron chi connectivity index (χ1n) is 13.6. The van der Waals surface area contributed by atoms with E-state index in [1.165, 1.54) is 24.3 Å². The quantitative estimate of drug-likeness (QED) is 0.118. The molecule has 4 aromatic rings. The van der Waals surface area contributed by atoms with E-state index in [0.29, 0.717) is 18.7 Å². The van der Waals surface area contributed by atoms with Gasteiger partial charge in [0.05, 0.1) is 43.6 Å². The molecule has 5 rings (SSSR count). The van der Waals surface area contributed by atoms with Crippen LogP contribution in [-0.4, -0.2) is 84.5 Å². The van der Waals surface area contributed by atoms with Crippen molar-refractivity contribution in [1.82, 2.24) is 26.1 Å². The number of aromatic amines is 1. The predicted octanol–water partition coefficient (Wildman–Crippen LogP) is 2.38. The van der Waals surface area contributed by atoms with Crippen LogP contribution in [0.5, 0.6) is 5.75 Å². The smallest absolute Gasteiger partial charge is 0.251 e. The van der Waals surface area contributed by atoms with E-state index in [4.69, 9.17) is 14.6 Å². The number of hydrogen-bond acceptors (Lipinski definition) is 8. The van der Waals surface area contributed by atoms with Gasteiger partial charge in [-0.2, -0.15) is 5.10 Å². The van der Waals surface area contributed by atoms with Gasteiger partial charge >= 0.3 is 0 Å². The Hall–Kier alpha value is -4.43. The van der Waals surface area contributed by atoms with Gasteiger partial charge in [0.1, 0.15) is 17.9 Å². The number of halogens is 3. The van der Waals surface area contributed by atoms with Crippen LogP contribution in [0.25, 0.3) is 10.9 Å². The lowest BCUT2D eigenvalue weighted by molar-refractivity contribution is 0.0700.